The van der Waals surface area contributed by atoms with Crippen LogP contribution >= 0.6 is 0 Å². The maximum Gasteiger partial charge on any atom is 0.163 e. The van der Waals surface area contributed by atoms with E-state index in [0.29, 0.717) is 0 Å². The van der Waals surface area contributed by atoms with E-state index in [4.69, 9.17) is 0 Å². The normalized spacial score (nSPS) is 8.67. The molecule has 0 amide bonds. The largest absolute Gasteiger partial charge is 0.294 e. The zero-order chi connectivity index (χ0) is 9.72. The van der Waals surface area contributed by atoms with Gasteiger partial charge in [-0.3, -0.25) is 9.59 Å². The molecule has 0 spiro atoms. The standard InChI is InChI=1S/C10H14O2/c1-7(2)5-6-10(8(3)11)9(4)12/h5-6H,1-4H3. The molecule has 66 valence electrons. The lowest BCUT2D eigenvalue weighted by molar-refractivity contribution is -0.119. The van der Waals surface area contributed by atoms with Gasteiger partial charge in [-0.2, -0.15) is 0 Å². The van der Waals surface area contributed by atoms with E-state index in [1.54, 1.807) is 12.2 Å². The maximum absolute atomic E-state index is 10.9. The minimum absolute atomic E-state index is 0.181. The lowest BCUT2D eigenvalue weighted by Crippen LogP contribution is -2.05. The minimum atomic E-state index is -0.181. The Morgan fingerprint density at radius 2 is 1.25 bits per heavy atom. The van der Waals surface area contributed by atoms with E-state index < -0.39 is 0 Å². The smallest absolute Gasteiger partial charge is 0.163 e. The average Bonchev–Trinajstić information content (AvgIpc) is 1.84. The highest BCUT2D eigenvalue weighted by molar-refractivity contribution is 6.18. The van der Waals surface area contributed by atoms with E-state index in [1.165, 1.54) is 13.8 Å². The molecule has 0 aliphatic carbocycles. The van der Waals surface area contributed by atoms with Crippen LogP contribution in [0.4, 0.5) is 0 Å². The third kappa shape index (κ3) is 3.86. The number of hydrogen-bond acceptors (Lipinski definition) is 2. The van der Waals surface area contributed by atoms with E-state index in [2.05, 4.69) is 0 Å². The molecule has 0 saturated heterocycles. The van der Waals surface area contributed by atoms with Crippen molar-refractivity contribution in [2.24, 2.45) is 0 Å². The summed E-state index contributed by atoms with van der Waals surface area (Å²) in [7, 11) is 0. The Hall–Kier alpha value is -1.18. The first-order valence-corrected chi connectivity index (χ1v) is 3.82. The second kappa shape index (κ2) is 4.65. The summed E-state index contributed by atoms with van der Waals surface area (Å²) in [6, 6.07) is 0. The molecule has 0 N–H and O–H groups in total. The molecule has 0 radical (unpaired) electrons. The van der Waals surface area contributed by atoms with Crippen molar-refractivity contribution in [1.82, 2.24) is 0 Å². The van der Waals surface area contributed by atoms with Gasteiger partial charge in [0.2, 0.25) is 0 Å². The molecule has 0 atom stereocenters. The highest BCUT2D eigenvalue weighted by Crippen LogP contribution is 2.00. The van der Waals surface area contributed by atoms with Crippen molar-refractivity contribution in [3.63, 3.8) is 0 Å². The predicted molar refractivity (Wildman–Crippen MR) is 48.9 cm³/mol. The zero-order valence-corrected chi connectivity index (χ0v) is 7.97. The van der Waals surface area contributed by atoms with Crippen LogP contribution in [0.1, 0.15) is 27.7 Å². The molecule has 0 unspecified atom stereocenters. The molecule has 12 heavy (non-hydrogen) atoms. The molecule has 0 rings (SSSR count). The van der Waals surface area contributed by atoms with Gasteiger partial charge in [0, 0.05) is 0 Å². The molecule has 0 aromatic rings. The van der Waals surface area contributed by atoms with Crippen molar-refractivity contribution >= 4 is 11.6 Å². The van der Waals surface area contributed by atoms with Crippen molar-refractivity contribution in [2.75, 3.05) is 0 Å². The molecular weight excluding hydrogens is 152 g/mol. The average molecular weight is 166 g/mol. The van der Waals surface area contributed by atoms with E-state index >= 15 is 0 Å². The van der Waals surface area contributed by atoms with Crippen LogP contribution in [0.15, 0.2) is 23.3 Å². The second-order valence-electron chi connectivity index (χ2n) is 2.94. The Bertz CT molecular complexity index is 237. The number of hydrogen-bond donors (Lipinski definition) is 0. The lowest BCUT2D eigenvalue weighted by Gasteiger charge is -1.94. The molecular formula is C10H14O2. The number of carbonyl (C=O) groups is 2. The summed E-state index contributed by atoms with van der Waals surface area (Å²) in [5.74, 6) is -0.361. The number of carbonyl (C=O) groups excluding carboxylic acids is 2. The number of allylic oxidation sites excluding steroid dienone is 4. The fourth-order valence-corrected chi connectivity index (χ4v) is 0.733. The molecule has 0 saturated carbocycles. The van der Waals surface area contributed by atoms with Crippen molar-refractivity contribution in [3.8, 4) is 0 Å². The molecule has 0 heterocycles. The van der Waals surface area contributed by atoms with E-state index in [0.717, 1.165) is 5.57 Å². The summed E-state index contributed by atoms with van der Waals surface area (Å²) in [5.41, 5.74) is 1.33. The fraction of sp³-hybridized carbons (Fsp3) is 0.400. The third-order valence-corrected chi connectivity index (χ3v) is 1.34. The molecule has 0 aliphatic heterocycles. The molecule has 2 nitrogen and oxygen atoms in total. The first-order valence-electron chi connectivity index (χ1n) is 3.82. The summed E-state index contributed by atoms with van der Waals surface area (Å²) in [5, 5.41) is 0. The van der Waals surface area contributed by atoms with Crippen LogP contribution in [-0.2, 0) is 9.59 Å². The summed E-state index contributed by atoms with van der Waals surface area (Å²) >= 11 is 0. The Kier molecular flexibility index (Phi) is 4.19. The van der Waals surface area contributed by atoms with Gasteiger partial charge in [-0.1, -0.05) is 11.6 Å². The highest BCUT2D eigenvalue weighted by Gasteiger charge is 2.06. The van der Waals surface area contributed by atoms with Crippen LogP contribution in [0.3, 0.4) is 0 Å². The van der Waals surface area contributed by atoms with Gasteiger partial charge < -0.3 is 0 Å². The molecule has 0 aromatic carbocycles. The number of rotatable bonds is 3. The van der Waals surface area contributed by atoms with Gasteiger partial charge in [-0.25, -0.2) is 0 Å². The van der Waals surface area contributed by atoms with Gasteiger partial charge in [-0.15, -0.1) is 0 Å². The van der Waals surface area contributed by atoms with Crippen LogP contribution in [-0.4, -0.2) is 11.6 Å². The molecule has 0 bridgehead atoms. The first-order chi connectivity index (χ1) is 5.45. The van der Waals surface area contributed by atoms with Crippen molar-refractivity contribution in [2.45, 2.75) is 27.7 Å². The summed E-state index contributed by atoms with van der Waals surface area (Å²) in [4.78, 5) is 21.8. The van der Waals surface area contributed by atoms with Gasteiger partial charge in [0.15, 0.2) is 11.6 Å². The molecule has 0 fully saturated rings. The minimum Gasteiger partial charge on any atom is -0.294 e. The SMILES string of the molecule is CC(=O)C(=CC=C(C)C)C(C)=O. The van der Waals surface area contributed by atoms with E-state index in [1.807, 2.05) is 13.8 Å². The van der Waals surface area contributed by atoms with Gasteiger partial charge in [0.25, 0.3) is 0 Å². The van der Waals surface area contributed by atoms with E-state index in [9.17, 15) is 9.59 Å². The summed E-state index contributed by atoms with van der Waals surface area (Å²) < 4.78 is 0. The number of ketones is 2. The quantitative estimate of drug-likeness (QED) is 0.278. The van der Waals surface area contributed by atoms with Crippen LogP contribution in [0.5, 0.6) is 0 Å². The van der Waals surface area contributed by atoms with Crippen LogP contribution in [0.25, 0.3) is 0 Å². The Morgan fingerprint density at radius 3 is 1.50 bits per heavy atom. The van der Waals surface area contributed by atoms with Crippen molar-refractivity contribution in [3.05, 3.63) is 23.3 Å². The second-order valence-corrected chi connectivity index (χ2v) is 2.94. The monoisotopic (exact) mass is 166 g/mol. The summed E-state index contributed by atoms with van der Waals surface area (Å²) in [6.07, 6.45) is 3.33. The van der Waals surface area contributed by atoms with Gasteiger partial charge in [-0.05, 0) is 33.8 Å². The van der Waals surface area contributed by atoms with E-state index in [-0.39, 0.29) is 17.1 Å². The highest BCUT2D eigenvalue weighted by atomic mass is 16.1. The third-order valence-electron chi connectivity index (χ3n) is 1.34. The predicted octanol–water partition coefficient (Wildman–Crippen LogP) is 2.06. The lowest BCUT2D eigenvalue weighted by atomic mass is 10.1. The topological polar surface area (TPSA) is 34.1 Å². The first kappa shape index (κ1) is 10.8. The van der Waals surface area contributed by atoms with Gasteiger partial charge in [0.05, 0.1) is 5.57 Å². The molecule has 0 aliphatic rings. The van der Waals surface area contributed by atoms with Crippen LogP contribution in [0.2, 0.25) is 0 Å². The Morgan fingerprint density at radius 1 is 0.833 bits per heavy atom. The summed E-state index contributed by atoms with van der Waals surface area (Å²) in [6.45, 7) is 6.61. The number of Topliss-reactive ketones (excluding diaryl/α,β-unsaturated/α-hetero) is 2. The molecule has 0 aromatic heterocycles. The fourth-order valence-electron chi connectivity index (χ4n) is 0.733. The van der Waals surface area contributed by atoms with Crippen molar-refractivity contribution in [1.29, 1.82) is 0 Å². The zero-order valence-electron chi connectivity index (χ0n) is 7.97. The Labute approximate surface area is 73.0 Å². The van der Waals surface area contributed by atoms with Gasteiger partial charge >= 0.3 is 0 Å². The van der Waals surface area contributed by atoms with Crippen molar-refractivity contribution < 1.29 is 9.59 Å². The maximum atomic E-state index is 10.9. The Balaban J connectivity index is 4.75. The molecule has 2 heteroatoms. The van der Waals surface area contributed by atoms with Gasteiger partial charge in [0.1, 0.15) is 0 Å². The van der Waals surface area contributed by atoms with Crippen LogP contribution in [0, 0.1) is 0 Å². The van der Waals surface area contributed by atoms with Crippen LogP contribution < -0.4 is 0 Å².